The van der Waals surface area contributed by atoms with Crippen LogP contribution < -0.4 is 10.0 Å². The Morgan fingerprint density at radius 1 is 1.24 bits per heavy atom. The summed E-state index contributed by atoms with van der Waals surface area (Å²) in [6.07, 6.45) is 5.48. The van der Waals surface area contributed by atoms with E-state index in [1.54, 1.807) is 0 Å². The summed E-state index contributed by atoms with van der Waals surface area (Å²) in [4.78, 5) is 11.7. The van der Waals surface area contributed by atoms with Crippen LogP contribution in [0.1, 0.15) is 45.4 Å². The monoisotopic (exact) mass is 262 g/mol. The number of hydrogen-bond acceptors (Lipinski definition) is 4. The zero-order chi connectivity index (χ0) is 12.9. The van der Waals surface area contributed by atoms with Gasteiger partial charge in [0.2, 0.25) is 15.9 Å². The van der Waals surface area contributed by atoms with Crippen LogP contribution in [0.5, 0.6) is 0 Å². The standard InChI is InChI=1S/C11H22N2O3S/c1-3-17(15,16)13-10(14)9-11(12-2)7-5-4-6-8-11/h12H,3-9H2,1-2H3,(H,13,14). The van der Waals surface area contributed by atoms with Crippen molar-refractivity contribution in [3.8, 4) is 0 Å². The fourth-order valence-corrected chi connectivity index (χ4v) is 2.90. The lowest BCUT2D eigenvalue weighted by molar-refractivity contribution is -0.121. The van der Waals surface area contributed by atoms with Crippen LogP contribution in [0.4, 0.5) is 0 Å². The number of nitrogens with one attached hydrogen (secondary N) is 2. The molecule has 0 atom stereocenters. The number of amides is 1. The Kier molecular flexibility index (Phi) is 4.94. The first kappa shape index (κ1) is 14.4. The second-order valence-corrected chi connectivity index (χ2v) is 6.71. The van der Waals surface area contributed by atoms with Gasteiger partial charge in [-0.25, -0.2) is 8.42 Å². The maximum atomic E-state index is 11.7. The van der Waals surface area contributed by atoms with E-state index in [9.17, 15) is 13.2 Å². The molecule has 0 heterocycles. The zero-order valence-electron chi connectivity index (χ0n) is 10.6. The van der Waals surface area contributed by atoms with Gasteiger partial charge >= 0.3 is 0 Å². The van der Waals surface area contributed by atoms with E-state index < -0.39 is 15.9 Å². The highest BCUT2D eigenvalue weighted by molar-refractivity contribution is 7.90. The molecule has 0 unspecified atom stereocenters. The van der Waals surface area contributed by atoms with Gasteiger partial charge in [0.05, 0.1) is 5.75 Å². The van der Waals surface area contributed by atoms with E-state index >= 15 is 0 Å². The Bertz CT molecular complexity index is 359. The Morgan fingerprint density at radius 2 is 1.82 bits per heavy atom. The molecule has 0 aromatic rings. The second-order valence-electron chi connectivity index (χ2n) is 4.70. The molecule has 0 bridgehead atoms. The average molecular weight is 262 g/mol. The predicted octanol–water partition coefficient (Wildman–Crippen LogP) is 0.765. The molecule has 17 heavy (non-hydrogen) atoms. The summed E-state index contributed by atoms with van der Waals surface area (Å²) in [6, 6.07) is 0. The largest absolute Gasteiger partial charge is 0.314 e. The van der Waals surface area contributed by atoms with E-state index in [-0.39, 0.29) is 17.7 Å². The normalized spacial score (nSPS) is 19.9. The number of carbonyl (C=O) groups excluding carboxylic acids is 1. The minimum Gasteiger partial charge on any atom is -0.314 e. The summed E-state index contributed by atoms with van der Waals surface area (Å²) in [6.45, 7) is 1.52. The van der Waals surface area contributed by atoms with Crippen LogP contribution in [-0.4, -0.2) is 32.7 Å². The molecule has 1 rings (SSSR count). The molecule has 5 nitrogen and oxygen atoms in total. The Hall–Kier alpha value is -0.620. The van der Waals surface area contributed by atoms with Crippen LogP contribution in [0, 0.1) is 0 Å². The first-order valence-corrected chi connectivity index (χ1v) is 7.80. The summed E-state index contributed by atoms with van der Waals surface area (Å²) in [5, 5.41) is 3.20. The Morgan fingerprint density at radius 3 is 2.29 bits per heavy atom. The zero-order valence-corrected chi connectivity index (χ0v) is 11.4. The van der Waals surface area contributed by atoms with Crippen LogP contribution >= 0.6 is 0 Å². The topological polar surface area (TPSA) is 75.3 Å². The lowest BCUT2D eigenvalue weighted by Crippen LogP contribution is -2.49. The lowest BCUT2D eigenvalue weighted by atomic mass is 9.79. The first-order chi connectivity index (χ1) is 7.93. The summed E-state index contributed by atoms with van der Waals surface area (Å²) in [5.41, 5.74) is -0.217. The quantitative estimate of drug-likeness (QED) is 0.767. The minimum atomic E-state index is -3.43. The van der Waals surface area contributed by atoms with Gasteiger partial charge in [-0.3, -0.25) is 9.52 Å². The van der Waals surface area contributed by atoms with Crippen molar-refractivity contribution >= 4 is 15.9 Å². The SMILES string of the molecule is CCS(=O)(=O)NC(=O)CC1(NC)CCCCC1. The molecule has 1 saturated carbocycles. The molecule has 100 valence electrons. The van der Waals surface area contributed by atoms with Gasteiger partial charge in [0.1, 0.15) is 0 Å². The molecule has 0 aromatic carbocycles. The third-order valence-electron chi connectivity index (χ3n) is 3.49. The Labute approximate surface area is 103 Å². The van der Waals surface area contributed by atoms with Crippen molar-refractivity contribution in [2.75, 3.05) is 12.8 Å². The predicted molar refractivity (Wildman–Crippen MR) is 67.1 cm³/mol. The average Bonchev–Trinajstić information content (AvgIpc) is 2.29. The van der Waals surface area contributed by atoms with Gasteiger partial charge in [-0.05, 0) is 26.8 Å². The van der Waals surface area contributed by atoms with Crippen molar-refractivity contribution in [1.82, 2.24) is 10.0 Å². The molecule has 0 saturated heterocycles. The van der Waals surface area contributed by atoms with Crippen LogP contribution in [0.2, 0.25) is 0 Å². The molecule has 0 aliphatic heterocycles. The summed E-state index contributed by atoms with van der Waals surface area (Å²) in [5.74, 6) is -0.464. The third kappa shape index (κ3) is 4.27. The fourth-order valence-electron chi connectivity index (χ4n) is 2.33. The highest BCUT2D eigenvalue weighted by Crippen LogP contribution is 2.30. The van der Waals surface area contributed by atoms with E-state index in [1.165, 1.54) is 13.3 Å². The summed E-state index contributed by atoms with van der Waals surface area (Å²) < 4.78 is 24.7. The molecule has 0 radical (unpaired) electrons. The highest BCUT2D eigenvalue weighted by atomic mass is 32.2. The highest BCUT2D eigenvalue weighted by Gasteiger charge is 2.33. The molecule has 1 aliphatic carbocycles. The molecule has 2 N–H and O–H groups in total. The van der Waals surface area contributed by atoms with Gasteiger partial charge in [-0.2, -0.15) is 0 Å². The van der Waals surface area contributed by atoms with Crippen LogP contribution in [0.25, 0.3) is 0 Å². The van der Waals surface area contributed by atoms with E-state index in [0.29, 0.717) is 0 Å². The smallest absolute Gasteiger partial charge is 0.235 e. The van der Waals surface area contributed by atoms with Crippen molar-refractivity contribution in [3.05, 3.63) is 0 Å². The molecule has 1 fully saturated rings. The molecule has 1 aliphatic rings. The van der Waals surface area contributed by atoms with E-state index in [2.05, 4.69) is 10.0 Å². The van der Waals surface area contributed by atoms with Crippen LogP contribution in [-0.2, 0) is 14.8 Å². The van der Waals surface area contributed by atoms with Crippen molar-refractivity contribution in [2.45, 2.75) is 51.0 Å². The molecular weight excluding hydrogens is 240 g/mol. The van der Waals surface area contributed by atoms with E-state index in [1.807, 2.05) is 7.05 Å². The molecule has 0 aromatic heterocycles. The number of carbonyl (C=O) groups is 1. The van der Waals surface area contributed by atoms with Crippen molar-refractivity contribution in [1.29, 1.82) is 0 Å². The lowest BCUT2D eigenvalue weighted by Gasteiger charge is -2.36. The minimum absolute atomic E-state index is 0.0642. The molecule has 1 amide bonds. The van der Waals surface area contributed by atoms with Gasteiger partial charge < -0.3 is 5.32 Å². The van der Waals surface area contributed by atoms with Gasteiger partial charge in [0.15, 0.2) is 0 Å². The maximum absolute atomic E-state index is 11.7. The Balaban J connectivity index is 2.59. The first-order valence-electron chi connectivity index (χ1n) is 6.15. The number of rotatable bonds is 5. The molecular formula is C11H22N2O3S. The summed E-state index contributed by atoms with van der Waals surface area (Å²) >= 11 is 0. The van der Waals surface area contributed by atoms with E-state index in [0.717, 1.165) is 25.7 Å². The maximum Gasteiger partial charge on any atom is 0.235 e. The van der Waals surface area contributed by atoms with Gasteiger partial charge in [0, 0.05) is 12.0 Å². The van der Waals surface area contributed by atoms with Crippen LogP contribution in [0.3, 0.4) is 0 Å². The van der Waals surface area contributed by atoms with Crippen molar-refractivity contribution < 1.29 is 13.2 Å². The van der Waals surface area contributed by atoms with Gasteiger partial charge in [0.25, 0.3) is 0 Å². The number of hydrogen-bond donors (Lipinski definition) is 2. The van der Waals surface area contributed by atoms with Gasteiger partial charge in [-0.15, -0.1) is 0 Å². The van der Waals surface area contributed by atoms with Crippen molar-refractivity contribution in [3.63, 3.8) is 0 Å². The summed E-state index contributed by atoms with van der Waals surface area (Å²) in [7, 11) is -1.59. The van der Waals surface area contributed by atoms with Crippen molar-refractivity contribution in [2.24, 2.45) is 0 Å². The number of sulfonamides is 1. The van der Waals surface area contributed by atoms with E-state index in [4.69, 9.17) is 0 Å². The molecule has 0 spiro atoms. The third-order valence-corrected chi connectivity index (χ3v) is 4.79. The van der Waals surface area contributed by atoms with Crippen LogP contribution in [0.15, 0.2) is 0 Å². The second kappa shape index (κ2) is 5.82. The van der Waals surface area contributed by atoms with Gasteiger partial charge in [-0.1, -0.05) is 19.3 Å². The fraction of sp³-hybridized carbons (Fsp3) is 0.909. The molecule has 6 heteroatoms.